The van der Waals surface area contributed by atoms with Gasteiger partial charge >= 0.3 is 0 Å². The third kappa shape index (κ3) is 2.97. The second kappa shape index (κ2) is 6.11. The molecule has 98 valence electrons. The summed E-state index contributed by atoms with van der Waals surface area (Å²) in [5.41, 5.74) is 0.999. The molecule has 0 aliphatic carbocycles. The number of para-hydroxylation sites is 1. The molecule has 1 unspecified atom stereocenters. The summed E-state index contributed by atoms with van der Waals surface area (Å²) in [4.78, 5) is 12.0. The summed E-state index contributed by atoms with van der Waals surface area (Å²) >= 11 is 1.74. The van der Waals surface area contributed by atoms with Crippen LogP contribution in [0.2, 0.25) is 0 Å². The van der Waals surface area contributed by atoms with Crippen LogP contribution in [0, 0.1) is 0 Å². The van der Waals surface area contributed by atoms with Crippen molar-refractivity contribution in [3.8, 4) is 5.75 Å². The first-order valence-electron chi connectivity index (χ1n) is 5.97. The lowest BCUT2D eigenvalue weighted by molar-refractivity contribution is -0.123. The highest BCUT2D eigenvalue weighted by Crippen LogP contribution is 2.24. The summed E-state index contributed by atoms with van der Waals surface area (Å²) in [6, 6.07) is 7.62. The van der Waals surface area contributed by atoms with Crippen molar-refractivity contribution in [2.24, 2.45) is 0 Å². The number of rotatable bonds is 4. The van der Waals surface area contributed by atoms with Gasteiger partial charge in [0.1, 0.15) is 5.75 Å². The molecule has 1 saturated heterocycles. The van der Waals surface area contributed by atoms with Crippen molar-refractivity contribution in [1.29, 1.82) is 0 Å². The SMILES string of the molecule is COc1ccccc1[C@H](C)NC(=O)C1CSCN1. The number of carbonyl (C=O) groups is 1. The minimum atomic E-state index is -0.0767. The van der Waals surface area contributed by atoms with Gasteiger partial charge in [-0.05, 0) is 13.0 Å². The second-order valence-corrected chi connectivity index (χ2v) is 5.27. The number of thioether (sulfide) groups is 1. The zero-order valence-corrected chi connectivity index (χ0v) is 11.4. The fourth-order valence-corrected chi connectivity index (χ4v) is 2.92. The summed E-state index contributed by atoms with van der Waals surface area (Å²) in [6.07, 6.45) is 0. The second-order valence-electron chi connectivity index (χ2n) is 4.24. The first-order chi connectivity index (χ1) is 8.72. The molecule has 0 saturated carbocycles. The minimum absolute atomic E-state index is 0.0541. The molecule has 1 fully saturated rings. The van der Waals surface area contributed by atoms with Gasteiger partial charge in [-0.15, -0.1) is 11.8 Å². The first kappa shape index (κ1) is 13.2. The van der Waals surface area contributed by atoms with Crippen LogP contribution in [0.4, 0.5) is 0 Å². The normalized spacial score (nSPS) is 20.4. The summed E-state index contributed by atoms with van der Waals surface area (Å²) in [7, 11) is 1.64. The zero-order valence-electron chi connectivity index (χ0n) is 10.6. The summed E-state index contributed by atoms with van der Waals surface area (Å²) in [5.74, 6) is 2.54. The molecule has 1 amide bonds. The van der Waals surface area contributed by atoms with Gasteiger partial charge < -0.3 is 10.1 Å². The van der Waals surface area contributed by atoms with Crippen molar-refractivity contribution in [1.82, 2.24) is 10.6 Å². The molecular formula is C13H18N2O2S. The molecule has 0 radical (unpaired) electrons. The lowest BCUT2D eigenvalue weighted by Gasteiger charge is -2.19. The van der Waals surface area contributed by atoms with Crippen LogP contribution in [0.25, 0.3) is 0 Å². The van der Waals surface area contributed by atoms with E-state index in [-0.39, 0.29) is 18.0 Å². The van der Waals surface area contributed by atoms with E-state index in [0.29, 0.717) is 0 Å². The number of methoxy groups -OCH3 is 1. The minimum Gasteiger partial charge on any atom is -0.496 e. The van der Waals surface area contributed by atoms with Gasteiger partial charge in [0.05, 0.1) is 19.2 Å². The van der Waals surface area contributed by atoms with E-state index in [9.17, 15) is 4.79 Å². The Hall–Kier alpha value is -1.20. The van der Waals surface area contributed by atoms with Crippen LogP contribution >= 0.6 is 11.8 Å². The molecule has 1 aliphatic heterocycles. The Morgan fingerprint density at radius 1 is 1.56 bits per heavy atom. The van der Waals surface area contributed by atoms with E-state index >= 15 is 0 Å². The van der Waals surface area contributed by atoms with E-state index in [1.165, 1.54) is 0 Å². The number of carbonyl (C=O) groups excluding carboxylic acids is 1. The number of amides is 1. The van der Waals surface area contributed by atoms with Crippen molar-refractivity contribution in [2.75, 3.05) is 18.7 Å². The Kier molecular flexibility index (Phi) is 4.49. The smallest absolute Gasteiger partial charge is 0.238 e. The monoisotopic (exact) mass is 266 g/mol. The van der Waals surface area contributed by atoms with E-state index in [2.05, 4.69) is 10.6 Å². The lowest BCUT2D eigenvalue weighted by atomic mass is 10.1. The molecule has 4 nitrogen and oxygen atoms in total. The van der Waals surface area contributed by atoms with Crippen LogP contribution in [0.3, 0.4) is 0 Å². The van der Waals surface area contributed by atoms with Gasteiger partial charge in [-0.2, -0.15) is 0 Å². The maximum atomic E-state index is 12.0. The molecule has 1 aliphatic rings. The van der Waals surface area contributed by atoms with Gasteiger partial charge in [-0.3, -0.25) is 10.1 Å². The lowest BCUT2D eigenvalue weighted by Crippen LogP contribution is -2.42. The number of ether oxygens (including phenoxy) is 1. The van der Waals surface area contributed by atoms with Crippen LogP contribution in [0.1, 0.15) is 18.5 Å². The highest BCUT2D eigenvalue weighted by atomic mass is 32.2. The highest BCUT2D eigenvalue weighted by Gasteiger charge is 2.24. The van der Waals surface area contributed by atoms with Crippen molar-refractivity contribution >= 4 is 17.7 Å². The molecule has 0 bridgehead atoms. The van der Waals surface area contributed by atoms with Gasteiger partial charge in [-0.1, -0.05) is 18.2 Å². The van der Waals surface area contributed by atoms with Crippen LogP contribution in [-0.4, -0.2) is 30.7 Å². The van der Waals surface area contributed by atoms with Crippen molar-refractivity contribution in [3.05, 3.63) is 29.8 Å². The average Bonchev–Trinajstić information content (AvgIpc) is 2.92. The quantitative estimate of drug-likeness (QED) is 0.868. The number of hydrogen-bond acceptors (Lipinski definition) is 4. The van der Waals surface area contributed by atoms with Crippen LogP contribution in [-0.2, 0) is 4.79 Å². The molecule has 18 heavy (non-hydrogen) atoms. The third-order valence-corrected chi connectivity index (χ3v) is 3.94. The van der Waals surface area contributed by atoms with Gasteiger partial charge in [0.15, 0.2) is 0 Å². The topological polar surface area (TPSA) is 50.4 Å². The molecule has 2 rings (SSSR count). The Morgan fingerprint density at radius 2 is 2.33 bits per heavy atom. The summed E-state index contributed by atoms with van der Waals surface area (Å²) in [6.45, 7) is 1.97. The highest BCUT2D eigenvalue weighted by molar-refractivity contribution is 7.99. The van der Waals surface area contributed by atoms with Crippen LogP contribution in [0.15, 0.2) is 24.3 Å². The third-order valence-electron chi connectivity index (χ3n) is 3.00. The molecular weight excluding hydrogens is 248 g/mol. The Bertz CT molecular complexity index is 419. The maximum Gasteiger partial charge on any atom is 0.238 e. The van der Waals surface area contributed by atoms with Crippen molar-refractivity contribution in [3.63, 3.8) is 0 Å². The molecule has 2 N–H and O–H groups in total. The molecule has 0 spiro atoms. The van der Waals surface area contributed by atoms with Gasteiger partial charge in [0, 0.05) is 17.2 Å². The Morgan fingerprint density at radius 3 is 3.00 bits per heavy atom. The molecule has 5 heteroatoms. The predicted molar refractivity (Wildman–Crippen MR) is 73.8 cm³/mol. The van der Waals surface area contributed by atoms with Crippen LogP contribution < -0.4 is 15.4 Å². The van der Waals surface area contributed by atoms with Gasteiger partial charge in [-0.25, -0.2) is 0 Å². The molecule has 1 heterocycles. The number of hydrogen-bond donors (Lipinski definition) is 2. The zero-order chi connectivity index (χ0) is 13.0. The number of nitrogens with one attached hydrogen (secondary N) is 2. The predicted octanol–water partition coefficient (Wildman–Crippen LogP) is 1.53. The average molecular weight is 266 g/mol. The van der Waals surface area contributed by atoms with Gasteiger partial charge in [0.25, 0.3) is 0 Å². The number of benzene rings is 1. The van der Waals surface area contributed by atoms with Crippen LogP contribution in [0.5, 0.6) is 5.75 Å². The fraction of sp³-hybridized carbons (Fsp3) is 0.462. The summed E-state index contributed by atoms with van der Waals surface area (Å²) in [5, 5.41) is 6.18. The van der Waals surface area contributed by atoms with Crippen molar-refractivity contribution < 1.29 is 9.53 Å². The molecule has 2 atom stereocenters. The van der Waals surface area contributed by atoms with E-state index in [0.717, 1.165) is 22.9 Å². The standard InChI is InChI=1S/C13H18N2O2S/c1-9(10-5-3-4-6-12(10)17-2)15-13(16)11-7-18-8-14-11/h3-6,9,11,14H,7-8H2,1-2H3,(H,15,16)/t9-,11?/m0/s1. The van der Waals surface area contributed by atoms with E-state index in [1.54, 1.807) is 18.9 Å². The molecule has 1 aromatic carbocycles. The van der Waals surface area contributed by atoms with E-state index in [4.69, 9.17) is 4.74 Å². The van der Waals surface area contributed by atoms with E-state index in [1.807, 2.05) is 31.2 Å². The van der Waals surface area contributed by atoms with E-state index < -0.39 is 0 Å². The summed E-state index contributed by atoms with van der Waals surface area (Å²) < 4.78 is 5.30. The largest absolute Gasteiger partial charge is 0.496 e. The molecule has 1 aromatic rings. The fourth-order valence-electron chi connectivity index (χ4n) is 1.98. The van der Waals surface area contributed by atoms with Gasteiger partial charge in [0.2, 0.25) is 5.91 Å². The Balaban J connectivity index is 2.02. The Labute approximate surface area is 111 Å². The maximum absolute atomic E-state index is 12.0. The van der Waals surface area contributed by atoms with Crippen molar-refractivity contribution in [2.45, 2.75) is 19.0 Å². The first-order valence-corrected chi connectivity index (χ1v) is 7.12. The molecule has 0 aromatic heterocycles.